The van der Waals surface area contributed by atoms with Gasteiger partial charge >= 0.3 is 5.97 Å². The van der Waals surface area contributed by atoms with E-state index in [-0.39, 0.29) is 6.04 Å². The monoisotopic (exact) mass is 382 g/mol. The zero-order valence-corrected chi connectivity index (χ0v) is 16.6. The number of hydrogen-bond donors (Lipinski definition) is 1. The molecular weight excluding hydrogens is 360 g/mol. The van der Waals surface area contributed by atoms with E-state index in [9.17, 15) is 4.79 Å². The summed E-state index contributed by atoms with van der Waals surface area (Å²) in [6.45, 7) is 3.88. The van der Waals surface area contributed by atoms with Gasteiger partial charge in [0.2, 0.25) is 0 Å². The zero-order chi connectivity index (χ0) is 19.6. The van der Waals surface area contributed by atoms with E-state index in [0.29, 0.717) is 22.1 Å². The third-order valence-electron chi connectivity index (χ3n) is 4.59. The molecule has 0 unspecified atom stereocenters. The molecule has 0 aliphatic carbocycles. The third-order valence-corrected chi connectivity index (χ3v) is 4.89. The number of aryl methyl sites for hydroxylation is 1. The highest BCUT2D eigenvalue weighted by Gasteiger charge is 2.36. The highest BCUT2D eigenvalue weighted by Crippen LogP contribution is 2.37. The first-order valence-electron chi connectivity index (χ1n) is 8.57. The minimum atomic E-state index is -0.395. The third kappa shape index (κ3) is 3.53. The first-order valence-corrected chi connectivity index (χ1v) is 8.98. The van der Waals surface area contributed by atoms with Gasteiger partial charge in [0.05, 0.1) is 31.5 Å². The van der Waals surface area contributed by atoms with Crippen LogP contribution in [0.3, 0.4) is 0 Å². The Balaban J connectivity index is 2.18. The summed E-state index contributed by atoms with van der Waals surface area (Å²) < 4.78 is 10.6. The van der Waals surface area contributed by atoms with Gasteiger partial charge in [-0.2, -0.15) is 0 Å². The highest BCUT2D eigenvalue weighted by atomic mass is 32.1. The number of para-hydroxylation sites is 2. The maximum absolute atomic E-state index is 12.7. The summed E-state index contributed by atoms with van der Waals surface area (Å²) in [5, 5.41) is 3.80. The normalized spacial score (nSPS) is 16.8. The molecule has 6 heteroatoms. The Kier molecular flexibility index (Phi) is 5.46. The SMILES string of the molecule is COC(=O)C1=C(C)N(c2ccccc2OC)C(=S)N[C@@H]1c1cccc(C)c1. The quantitative estimate of drug-likeness (QED) is 0.640. The second-order valence-electron chi connectivity index (χ2n) is 6.29. The van der Waals surface area contributed by atoms with Crippen LogP contribution < -0.4 is 15.0 Å². The largest absolute Gasteiger partial charge is 0.495 e. The number of benzene rings is 2. The fraction of sp³-hybridized carbons (Fsp3) is 0.238. The van der Waals surface area contributed by atoms with Gasteiger partial charge in [-0.1, -0.05) is 42.0 Å². The second-order valence-corrected chi connectivity index (χ2v) is 6.68. The van der Waals surface area contributed by atoms with Crippen molar-refractivity contribution in [2.75, 3.05) is 19.1 Å². The maximum atomic E-state index is 12.7. The number of methoxy groups -OCH3 is 2. The molecule has 0 saturated heterocycles. The summed E-state index contributed by atoms with van der Waals surface area (Å²) in [5.41, 5.74) is 4.05. The molecule has 0 amide bonds. The molecule has 0 bridgehead atoms. The van der Waals surface area contributed by atoms with Crippen LogP contribution in [-0.4, -0.2) is 25.3 Å². The lowest BCUT2D eigenvalue weighted by molar-refractivity contribution is -0.136. The average molecular weight is 382 g/mol. The average Bonchev–Trinajstić information content (AvgIpc) is 2.67. The first-order chi connectivity index (χ1) is 13.0. The number of hydrogen-bond acceptors (Lipinski definition) is 4. The summed E-state index contributed by atoms with van der Waals surface area (Å²) in [6.07, 6.45) is 0. The van der Waals surface area contributed by atoms with Crippen LogP contribution in [0.5, 0.6) is 5.75 Å². The predicted octanol–water partition coefficient (Wildman–Crippen LogP) is 3.89. The number of allylic oxidation sites excluding steroid dienone is 1. The number of nitrogens with zero attached hydrogens (tertiary/aromatic N) is 1. The number of ether oxygens (including phenoxy) is 2. The van der Waals surface area contributed by atoms with Crippen LogP contribution in [0.15, 0.2) is 59.8 Å². The van der Waals surface area contributed by atoms with E-state index in [1.807, 2.05) is 67.3 Å². The molecule has 27 heavy (non-hydrogen) atoms. The topological polar surface area (TPSA) is 50.8 Å². The summed E-state index contributed by atoms with van der Waals surface area (Å²) in [7, 11) is 2.99. The molecule has 3 rings (SSSR count). The van der Waals surface area contributed by atoms with E-state index in [4.69, 9.17) is 21.7 Å². The molecule has 0 fully saturated rings. The van der Waals surface area contributed by atoms with Gasteiger partial charge in [0.25, 0.3) is 0 Å². The van der Waals surface area contributed by atoms with Crippen LogP contribution in [0, 0.1) is 6.92 Å². The van der Waals surface area contributed by atoms with Gasteiger partial charge in [-0.25, -0.2) is 4.79 Å². The minimum Gasteiger partial charge on any atom is -0.495 e. The fourth-order valence-electron chi connectivity index (χ4n) is 3.32. The van der Waals surface area contributed by atoms with E-state index in [2.05, 4.69) is 5.32 Å². The predicted molar refractivity (Wildman–Crippen MR) is 110 cm³/mol. The molecule has 140 valence electrons. The van der Waals surface area contributed by atoms with Crippen molar-refractivity contribution in [1.29, 1.82) is 0 Å². The molecule has 5 nitrogen and oxygen atoms in total. The Bertz CT molecular complexity index is 923. The van der Waals surface area contributed by atoms with Gasteiger partial charge in [-0.3, -0.25) is 4.90 Å². The Morgan fingerprint density at radius 2 is 1.85 bits per heavy atom. The maximum Gasteiger partial charge on any atom is 0.337 e. The lowest BCUT2D eigenvalue weighted by Gasteiger charge is -2.37. The molecule has 0 radical (unpaired) electrons. The van der Waals surface area contributed by atoms with Crippen molar-refractivity contribution in [2.24, 2.45) is 0 Å². The molecule has 1 atom stereocenters. The number of esters is 1. The molecule has 1 N–H and O–H groups in total. The standard InChI is InChI=1S/C21H22N2O3S/c1-13-8-7-9-15(12-13)19-18(20(24)26-4)14(2)23(21(27)22-19)16-10-5-6-11-17(16)25-3/h5-12,19H,1-4H3,(H,22,27)/t19-/m1/s1. The smallest absolute Gasteiger partial charge is 0.337 e. The van der Waals surface area contributed by atoms with Crippen molar-refractivity contribution in [3.63, 3.8) is 0 Å². The summed E-state index contributed by atoms with van der Waals surface area (Å²) >= 11 is 5.65. The van der Waals surface area contributed by atoms with Crippen molar-refractivity contribution in [2.45, 2.75) is 19.9 Å². The molecular formula is C21H22N2O3S. The van der Waals surface area contributed by atoms with Gasteiger partial charge < -0.3 is 14.8 Å². The van der Waals surface area contributed by atoms with Crippen molar-refractivity contribution in [1.82, 2.24) is 5.32 Å². The summed E-state index contributed by atoms with van der Waals surface area (Å²) in [6, 6.07) is 15.2. The molecule has 0 saturated carbocycles. The molecule has 1 aliphatic heterocycles. The lowest BCUT2D eigenvalue weighted by atomic mass is 9.94. The summed E-state index contributed by atoms with van der Waals surface area (Å²) in [4.78, 5) is 14.5. The van der Waals surface area contributed by atoms with Gasteiger partial charge in [-0.05, 0) is 43.8 Å². The van der Waals surface area contributed by atoms with Crippen molar-refractivity contribution in [3.05, 3.63) is 70.9 Å². The molecule has 1 heterocycles. The highest BCUT2D eigenvalue weighted by molar-refractivity contribution is 7.80. The number of thiocarbonyl (C=S) groups is 1. The molecule has 2 aromatic rings. The van der Waals surface area contributed by atoms with Crippen LogP contribution in [0.2, 0.25) is 0 Å². The van der Waals surface area contributed by atoms with E-state index >= 15 is 0 Å². The number of nitrogens with one attached hydrogen (secondary N) is 1. The van der Waals surface area contributed by atoms with E-state index in [1.165, 1.54) is 7.11 Å². The van der Waals surface area contributed by atoms with E-state index < -0.39 is 5.97 Å². The van der Waals surface area contributed by atoms with Gasteiger partial charge in [0.15, 0.2) is 5.11 Å². The van der Waals surface area contributed by atoms with Gasteiger partial charge in [-0.15, -0.1) is 0 Å². The lowest BCUT2D eigenvalue weighted by Crippen LogP contribution is -2.48. The zero-order valence-electron chi connectivity index (χ0n) is 15.8. The number of carbonyl (C=O) groups is 1. The van der Waals surface area contributed by atoms with E-state index in [0.717, 1.165) is 16.8 Å². The minimum absolute atomic E-state index is 0.379. The Morgan fingerprint density at radius 3 is 2.52 bits per heavy atom. The van der Waals surface area contributed by atoms with Crippen LogP contribution in [-0.2, 0) is 9.53 Å². The molecule has 2 aromatic carbocycles. The first kappa shape index (κ1) is 18.9. The van der Waals surface area contributed by atoms with Crippen molar-refractivity contribution in [3.8, 4) is 5.75 Å². The van der Waals surface area contributed by atoms with Crippen molar-refractivity contribution < 1.29 is 14.3 Å². The summed E-state index contributed by atoms with van der Waals surface area (Å²) in [5.74, 6) is 0.271. The van der Waals surface area contributed by atoms with Crippen LogP contribution >= 0.6 is 12.2 Å². The van der Waals surface area contributed by atoms with E-state index in [1.54, 1.807) is 7.11 Å². The Hall–Kier alpha value is -2.86. The molecule has 0 spiro atoms. The molecule has 1 aliphatic rings. The van der Waals surface area contributed by atoms with Crippen LogP contribution in [0.25, 0.3) is 0 Å². The van der Waals surface area contributed by atoms with Gasteiger partial charge in [0.1, 0.15) is 5.75 Å². The van der Waals surface area contributed by atoms with Gasteiger partial charge in [0, 0.05) is 5.70 Å². The van der Waals surface area contributed by atoms with Crippen LogP contribution in [0.1, 0.15) is 24.1 Å². The fourth-order valence-corrected chi connectivity index (χ4v) is 3.67. The van der Waals surface area contributed by atoms with Crippen molar-refractivity contribution >= 4 is 29.0 Å². The second kappa shape index (κ2) is 7.80. The Morgan fingerprint density at radius 1 is 1.11 bits per heavy atom. The molecule has 0 aromatic heterocycles. The number of anilines is 1. The Labute approximate surface area is 164 Å². The van der Waals surface area contributed by atoms with Crippen LogP contribution in [0.4, 0.5) is 5.69 Å². The number of carbonyl (C=O) groups excluding carboxylic acids is 1. The number of rotatable bonds is 4.